The topological polar surface area (TPSA) is 33.7 Å². The minimum atomic E-state index is 0.342. The van der Waals surface area contributed by atoms with E-state index in [4.69, 9.17) is 9.47 Å². The van der Waals surface area contributed by atoms with Crippen LogP contribution in [-0.4, -0.2) is 43.7 Å². The van der Waals surface area contributed by atoms with E-state index in [-0.39, 0.29) is 0 Å². The van der Waals surface area contributed by atoms with Crippen molar-refractivity contribution in [2.45, 2.75) is 10.3 Å². The molecule has 1 fully saturated rings. The van der Waals surface area contributed by atoms with Crippen molar-refractivity contribution in [3.8, 4) is 11.5 Å². The van der Waals surface area contributed by atoms with Gasteiger partial charge in [-0.15, -0.1) is 11.8 Å². The molecule has 3 rings (SSSR count). The van der Waals surface area contributed by atoms with Crippen LogP contribution in [-0.2, 0) is 0 Å². The van der Waals surface area contributed by atoms with Crippen molar-refractivity contribution in [2.24, 2.45) is 0 Å². The summed E-state index contributed by atoms with van der Waals surface area (Å²) in [4.78, 5) is 3.61. The molecule has 2 heterocycles. The standard InChI is InChI=1S/C12H16N2O2S/c1-14-5-4-13-7-12(14)17-9-2-3-10-11(6-9)16-8-15-10/h2-3,6,12-13H,4-5,7-8H2,1H3. The number of nitrogens with one attached hydrogen (secondary N) is 1. The molecule has 0 aromatic heterocycles. The van der Waals surface area contributed by atoms with Gasteiger partial charge in [0.15, 0.2) is 11.5 Å². The van der Waals surface area contributed by atoms with E-state index in [1.165, 1.54) is 4.90 Å². The van der Waals surface area contributed by atoms with Gasteiger partial charge in [-0.3, -0.25) is 4.90 Å². The minimum absolute atomic E-state index is 0.342. The van der Waals surface area contributed by atoms with E-state index < -0.39 is 0 Å². The second-order valence-corrected chi connectivity index (χ2v) is 5.52. The molecule has 1 aromatic carbocycles. The van der Waals surface area contributed by atoms with E-state index in [0.29, 0.717) is 12.2 Å². The van der Waals surface area contributed by atoms with E-state index in [9.17, 15) is 0 Å². The van der Waals surface area contributed by atoms with Crippen LogP contribution in [0.25, 0.3) is 0 Å². The molecule has 0 bridgehead atoms. The van der Waals surface area contributed by atoms with Crippen molar-refractivity contribution in [1.29, 1.82) is 0 Å². The maximum Gasteiger partial charge on any atom is 0.231 e. The van der Waals surface area contributed by atoms with Crippen molar-refractivity contribution >= 4 is 11.8 Å². The molecule has 2 aliphatic rings. The summed E-state index contributed by atoms with van der Waals surface area (Å²) in [6, 6.07) is 6.15. The van der Waals surface area contributed by atoms with Gasteiger partial charge in [0, 0.05) is 24.5 Å². The van der Waals surface area contributed by atoms with Crippen LogP contribution < -0.4 is 14.8 Å². The van der Waals surface area contributed by atoms with Gasteiger partial charge in [-0.1, -0.05) is 0 Å². The lowest BCUT2D eigenvalue weighted by atomic mass is 10.3. The number of likely N-dealkylation sites (N-methyl/N-ethyl adjacent to an activating group) is 1. The normalized spacial score (nSPS) is 23.9. The average Bonchev–Trinajstić information content (AvgIpc) is 2.79. The predicted octanol–water partition coefficient (Wildman–Crippen LogP) is 1.37. The molecule has 0 radical (unpaired) electrons. The zero-order valence-corrected chi connectivity index (χ0v) is 10.6. The van der Waals surface area contributed by atoms with Gasteiger partial charge in [0.1, 0.15) is 0 Å². The molecule has 1 unspecified atom stereocenters. The molecule has 0 amide bonds. The molecule has 1 aromatic rings. The van der Waals surface area contributed by atoms with Crippen LogP contribution >= 0.6 is 11.8 Å². The summed E-state index contributed by atoms with van der Waals surface area (Å²) in [5, 5.41) is 3.91. The third kappa shape index (κ3) is 2.36. The number of fused-ring (bicyclic) bond motifs is 1. The number of piperazine rings is 1. The molecule has 5 heteroatoms. The summed E-state index contributed by atoms with van der Waals surface area (Å²) in [6.45, 7) is 3.54. The highest BCUT2D eigenvalue weighted by molar-refractivity contribution is 8.00. The molecule has 2 aliphatic heterocycles. The van der Waals surface area contributed by atoms with E-state index in [2.05, 4.69) is 29.4 Å². The van der Waals surface area contributed by atoms with Crippen molar-refractivity contribution < 1.29 is 9.47 Å². The summed E-state index contributed by atoms with van der Waals surface area (Å²) in [6.07, 6.45) is 0. The Morgan fingerprint density at radius 2 is 2.24 bits per heavy atom. The number of benzene rings is 1. The molecule has 1 atom stereocenters. The Labute approximate surface area is 105 Å². The number of hydrogen-bond acceptors (Lipinski definition) is 5. The Morgan fingerprint density at radius 1 is 1.35 bits per heavy atom. The van der Waals surface area contributed by atoms with Crippen LogP contribution in [0.15, 0.2) is 23.1 Å². The second-order valence-electron chi connectivity index (χ2n) is 4.27. The first-order valence-corrected chi connectivity index (χ1v) is 6.68. The maximum atomic E-state index is 5.39. The third-order valence-corrected chi connectivity index (χ3v) is 4.39. The first-order chi connectivity index (χ1) is 8.33. The Morgan fingerprint density at radius 3 is 3.12 bits per heavy atom. The lowest BCUT2D eigenvalue weighted by Gasteiger charge is -2.32. The molecule has 4 nitrogen and oxygen atoms in total. The summed E-state index contributed by atoms with van der Waals surface area (Å²) in [7, 11) is 2.17. The highest BCUT2D eigenvalue weighted by Crippen LogP contribution is 2.37. The van der Waals surface area contributed by atoms with Gasteiger partial charge in [-0.25, -0.2) is 0 Å². The highest BCUT2D eigenvalue weighted by atomic mass is 32.2. The molecule has 1 N–H and O–H groups in total. The zero-order valence-electron chi connectivity index (χ0n) is 9.81. The summed E-state index contributed by atoms with van der Waals surface area (Å²) in [5.74, 6) is 1.71. The fraction of sp³-hybridized carbons (Fsp3) is 0.500. The number of nitrogens with zero attached hydrogens (tertiary/aromatic N) is 1. The summed E-state index contributed by atoms with van der Waals surface area (Å²) >= 11 is 1.87. The minimum Gasteiger partial charge on any atom is -0.454 e. The Bertz CT molecular complexity index is 413. The van der Waals surface area contributed by atoms with Crippen LogP contribution in [0.1, 0.15) is 0 Å². The van der Waals surface area contributed by atoms with E-state index in [1.807, 2.05) is 17.8 Å². The fourth-order valence-electron chi connectivity index (χ4n) is 2.02. The van der Waals surface area contributed by atoms with Crippen molar-refractivity contribution in [2.75, 3.05) is 33.5 Å². The van der Waals surface area contributed by atoms with Gasteiger partial charge >= 0.3 is 0 Å². The largest absolute Gasteiger partial charge is 0.454 e. The first-order valence-electron chi connectivity index (χ1n) is 5.80. The molecule has 0 spiro atoms. The van der Waals surface area contributed by atoms with Gasteiger partial charge in [0.2, 0.25) is 6.79 Å². The van der Waals surface area contributed by atoms with Gasteiger partial charge in [0.05, 0.1) is 5.37 Å². The Kier molecular flexibility index (Phi) is 3.13. The third-order valence-electron chi connectivity index (χ3n) is 3.07. The molecular weight excluding hydrogens is 236 g/mol. The lowest BCUT2D eigenvalue weighted by Crippen LogP contribution is -2.47. The smallest absolute Gasteiger partial charge is 0.231 e. The fourth-order valence-corrected chi connectivity index (χ4v) is 3.14. The van der Waals surface area contributed by atoms with Crippen molar-refractivity contribution in [1.82, 2.24) is 10.2 Å². The van der Waals surface area contributed by atoms with Gasteiger partial charge in [0.25, 0.3) is 0 Å². The average molecular weight is 252 g/mol. The Hall–Kier alpha value is -0.910. The summed E-state index contributed by atoms with van der Waals surface area (Å²) < 4.78 is 10.7. The van der Waals surface area contributed by atoms with E-state index >= 15 is 0 Å². The van der Waals surface area contributed by atoms with E-state index in [1.54, 1.807) is 0 Å². The lowest BCUT2D eigenvalue weighted by molar-refractivity contribution is 0.174. The number of thioether (sulfide) groups is 1. The van der Waals surface area contributed by atoms with Crippen LogP contribution in [0.2, 0.25) is 0 Å². The first kappa shape index (κ1) is 11.2. The molecule has 92 valence electrons. The molecule has 0 saturated carbocycles. The number of hydrogen-bond donors (Lipinski definition) is 1. The second kappa shape index (κ2) is 4.76. The Balaban J connectivity index is 1.72. The van der Waals surface area contributed by atoms with Crippen LogP contribution in [0.4, 0.5) is 0 Å². The van der Waals surface area contributed by atoms with Crippen molar-refractivity contribution in [3.63, 3.8) is 0 Å². The van der Waals surface area contributed by atoms with Gasteiger partial charge in [-0.2, -0.15) is 0 Å². The van der Waals surface area contributed by atoms with Crippen LogP contribution in [0.3, 0.4) is 0 Å². The number of rotatable bonds is 2. The van der Waals surface area contributed by atoms with Gasteiger partial charge in [-0.05, 0) is 25.2 Å². The highest BCUT2D eigenvalue weighted by Gasteiger charge is 2.21. The number of ether oxygens (including phenoxy) is 2. The van der Waals surface area contributed by atoms with Crippen molar-refractivity contribution in [3.05, 3.63) is 18.2 Å². The SMILES string of the molecule is CN1CCNCC1Sc1ccc2c(c1)OCO2. The van der Waals surface area contributed by atoms with Crippen LogP contribution in [0.5, 0.6) is 11.5 Å². The maximum absolute atomic E-state index is 5.39. The van der Waals surface area contributed by atoms with Gasteiger partial charge < -0.3 is 14.8 Å². The monoisotopic (exact) mass is 252 g/mol. The summed E-state index contributed by atoms with van der Waals surface area (Å²) in [5.41, 5.74) is 0. The molecule has 1 saturated heterocycles. The molecular formula is C12H16N2O2S. The van der Waals surface area contributed by atoms with Crippen LogP contribution in [0, 0.1) is 0 Å². The zero-order chi connectivity index (χ0) is 11.7. The quantitative estimate of drug-likeness (QED) is 0.860. The van der Waals surface area contributed by atoms with E-state index in [0.717, 1.165) is 31.1 Å². The molecule has 17 heavy (non-hydrogen) atoms. The molecule has 0 aliphatic carbocycles. The predicted molar refractivity (Wildman–Crippen MR) is 67.7 cm³/mol.